The molecule has 4 heteroatoms. The van der Waals surface area contributed by atoms with Crippen LogP contribution in [0.3, 0.4) is 0 Å². The molecule has 0 radical (unpaired) electrons. The fourth-order valence-corrected chi connectivity index (χ4v) is 5.50. The van der Waals surface area contributed by atoms with Crippen LogP contribution in [0.1, 0.15) is 45.1 Å². The molecule has 1 spiro atoms. The summed E-state index contributed by atoms with van der Waals surface area (Å²) in [6.07, 6.45) is 9.58. The largest absolute Gasteiger partial charge is 0.472 e. The molecule has 0 unspecified atom stereocenters. The van der Waals surface area contributed by atoms with Gasteiger partial charge in [0.15, 0.2) is 0 Å². The van der Waals surface area contributed by atoms with E-state index in [1.165, 1.54) is 5.56 Å². The molecule has 0 bridgehead atoms. The topological polar surface area (TPSA) is 59.7 Å². The van der Waals surface area contributed by atoms with Crippen molar-refractivity contribution >= 4 is 5.97 Å². The summed E-state index contributed by atoms with van der Waals surface area (Å²) in [6, 6.07) is 2.02. The minimum atomic E-state index is -0.540. The molecule has 1 saturated heterocycles. The van der Waals surface area contributed by atoms with Crippen molar-refractivity contribution in [2.24, 2.45) is 22.7 Å². The number of cyclic esters (lactones) is 1. The van der Waals surface area contributed by atoms with Crippen LogP contribution in [0, 0.1) is 22.7 Å². The number of esters is 1. The monoisotopic (exact) mass is 330 g/mol. The van der Waals surface area contributed by atoms with E-state index in [1.807, 2.05) is 12.3 Å². The molecule has 1 aromatic rings. The van der Waals surface area contributed by atoms with Gasteiger partial charge in [-0.15, -0.1) is 0 Å². The minimum Gasteiger partial charge on any atom is -0.472 e. The van der Waals surface area contributed by atoms with Gasteiger partial charge in [0.25, 0.3) is 0 Å². The zero-order valence-corrected chi connectivity index (χ0v) is 14.5. The van der Waals surface area contributed by atoms with Crippen LogP contribution in [0.25, 0.3) is 0 Å². The summed E-state index contributed by atoms with van der Waals surface area (Å²) in [5.74, 6) is 0.620. The fraction of sp³-hybridized carbons (Fsp3) is 0.650. The Morgan fingerprint density at radius 1 is 1.42 bits per heavy atom. The van der Waals surface area contributed by atoms with Crippen LogP contribution < -0.4 is 0 Å². The number of hydrogen-bond acceptors (Lipinski definition) is 4. The Morgan fingerprint density at radius 3 is 3.00 bits per heavy atom. The number of furan rings is 1. The summed E-state index contributed by atoms with van der Waals surface area (Å²) in [5, 5.41) is 10.4. The normalized spacial score (nSPS) is 41.4. The van der Waals surface area contributed by atoms with Gasteiger partial charge in [0.05, 0.1) is 18.6 Å². The number of aliphatic hydroxyl groups excluding tert-OH is 1. The zero-order chi connectivity index (χ0) is 16.9. The van der Waals surface area contributed by atoms with Crippen LogP contribution in [0.4, 0.5) is 0 Å². The van der Waals surface area contributed by atoms with Crippen molar-refractivity contribution in [1.82, 2.24) is 0 Å². The number of aliphatic hydroxyl groups is 1. The van der Waals surface area contributed by atoms with Crippen LogP contribution in [0.2, 0.25) is 0 Å². The van der Waals surface area contributed by atoms with E-state index in [-0.39, 0.29) is 22.7 Å². The third kappa shape index (κ3) is 2.19. The Labute approximate surface area is 142 Å². The van der Waals surface area contributed by atoms with Crippen molar-refractivity contribution in [3.05, 3.63) is 35.8 Å². The van der Waals surface area contributed by atoms with E-state index in [0.29, 0.717) is 12.5 Å². The van der Waals surface area contributed by atoms with Gasteiger partial charge in [0.2, 0.25) is 0 Å². The molecule has 130 valence electrons. The van der Waals surface area contributed by atoms with Gasteiger partial charge in [-0.05, 0) is 67.1 Å². The van der Waals surface area contributed by atoms with Gasteiger partial charge in [-0.3, -0.25) is 0 Å². The lowest BCUT2D eigenvalue weighted by atomic mass is 9.46. The Bertz CT molecular complexity index is 661. The molecule has 1 N–H and O–H groups in total. The molecular weight excluding hydrogens is 304 g/mol. The highest BCUT2D eigenvalue weighted by molar-refractivity contribution is 5.92. The molecule has 5 atom stereocenters. The quantitative estimate of drug-likeness (QED) is 0.862. The number of carbonyl (C=O) groups excluding carboxylic acids is 1. The van der Waals surface area contributed by atoms with Gasteiger partial charge < -0.3 is 14.3 Å². The Hall–Kier alpha value is -1.55. The number of ether oxygens (including phenoxy) is 1. The maximum atomic E-state index is 12.2. The number of rotatable bonds is 3. The molecule has 24 heavy (non-hydrogen) atoms. The van der Waals surface area contributed by atoms with E-state index < -0.39 is 6.10 Å². The van der Waals surface area contributed by atoms with E-state index >= 15 is 0 Å². The summed E-state index contributed by atoms with van der Waals surface area (Å²) < 4.78 is 10.7. The van der Waals surface area contributed by atoms with Crippen molar-refractivity contribution in [2.75, 3.05) is 6.61 Å². The third-order valence-electron chi connectivity index (χ3n) is 7.20. The van der Waals surface area contributed by atoms with Gasteiger partial charge in [-0.1, -0.05) is 13.8 Å². The van der Waals surface area contributed by atoms with E-state index in [0.717, 1.165) is 37.7 Å². The molecule has 0 amide bonds. The van der Waals surface area contributed by atoms with Gasteiger partial charge in [-0.2, -0.15) is 0 Å². The molecule has 2 aliphatic carbocycles. The molecule has 3 aliphatic rings. The average molecular weight is 330 g/mol. The van der Waals surface area contributed by atoms with E-state index in [2.05, 4.69) is 13.8 Å². The van der Waals surface area contributed by atoms with Crippen LogP contribution in [-0.2, 0) is 16.0 Å². The first-order valence-corrected chi connectivity index (χ1v) is 9.04. The minimum absolute atomic E-state index is 0.0734. The second-order valence-electron chi connectivity index (χ2n) is 8.25. The molecule has 1 saturated carbocycles. The molecule has 2 heterocycles. The van der Waals surface area contributed by atoms with Crippen molar-refractivity contribution in [2.45, 2.75) is 52.1 Å². The predicted octanol–water partition coefficient (Wildman–Crippen LogP) is 3.50. The van der Waals surface area contributed by atoms with Gasteiger partial charge in [0.1, 0.15) is 6.61 Å². The van der Waals surface area contributed by atoms with Gasteiger partial charge >= 0.3 is 5.97 Å². The van der Waals surface area contributed by atoms with E-state index in [9.17, 15) is 9.90 Å². The maximum absolute atomic E-state index is 12.2. The summed E-state index contributed by atoms with van der Waals surface area (Å²) >= 11 is 0. The van der Waals surface area contributed by atoms with Crippen LogP contribution in [0.15, 0.2) is 34.7 Å². The van der Waals surface area contributed by atoms with E-state index in [4.69, 9.17) is 9.15 Å². The van der Waals surface area contributed by atoms with Crippen LogP contribution in [-0.4, -0.2) is 23.8 Å². The summed E-state index contributed by atoms with van der Waals surface area (Å²) in [5.41, 5.74) is 1.85. The highest BCUT2D eigenvalue weighted by Crippen LogP contribution is 2.63. The maximum Gasteiger partial charge on any atom is 0.334 e. The fourth-order valence-electron chi connectivity index (χ4n) is 5.50. The van der Waals surface area contributed by atoms with Gasteiger partial charge in [-0.25, -0.2) is 4.79 Å². The standard InChI is InChI=1S/C20H26O4/c1-13-3-7-20-12-24-18(22)16(20)9-15(21)10-17(20)19(13,2)6-4-14-5-8-23-11-14/h5,8-9,11,13,15,17,21H,3-4,6-7,10,12H2,1-2H3/t13-,15-,17-,19+,20-/m1/s1. The first kappa shape index (κ1) is 15.9. The lowest BCUT2D eigenvalue weighted by Gasteiger charge is -2.57. The smallest absolute Gasteiger partial charge is 0.334 e. The second kappa shape index (κ2) is 5.48. The van der Waals surface area contributed by atoms with Crippen molar-refractivity contribution in [1.29, 1.82) is 0 Å². The number of aryl methyl sites for hydroxylation is 1. The lowest BCUT2D eigenvalue weighted by Crippen LogP contribution is -2.53. The summed E-state index contributed by atoms with van der Waals surface area (Å²) in [6.45, 7) is 5.16. The highest BCUT2D eigenvalue weighted by atomic mass is 16.5. The van der Waals surface area contributed by atoms with Crippen molar-refractivity contribution < 1.29 is 19.1 Å². The number of hydrogen-bond donors (Lipinski definition) is 1. The third-order valence-corrected chi connectivity index (χ3v) is 7.20. The number of carbonyl (C=O) groups is 1. The van der Waals surface area contributed by atoms with Gasteiger partial charge in [0, 0.05) is 11.0 Å². The first-order valence-electron chi connectivity index (χ1n) is 9.04. The molecule has 4 rings (SSSR count). The first-order chi connectivity index (χ1) is 11.5. The van der Waals surface area contributed by atoms with Crippen molar-refractivity contribution in [3.8, 4) is 0 Å². The second-order valence-corrected chi connectivity index (χ2v) is 8.25. The lowest BCUT2D eigenvalue weighted by molar-refractivity contribution is -0.135. The summed E-state index contributed by atoms with van der Waals surface area (Å²) in [4.78, 5) is 12.2. The Kier molecular flexibility index (Phi) is 3.64. The average Bonchev–Trinajstić information content (AvgIpc) is 3.18. The molecule has 1 aromatic heterocycles. The Balaban J connectivity index is 1.69. The molecular formula is C20H26O4. The molecule has 4 nitrogen and oxygen atoms in total. The zero-order valence-electron chi connectivity index (χ0n) is 14.5. The van der Waals surface area contributed by atoms with Crippen molar-refractivity contribution in [3.63, 3.8) is 0 Å². The Morgan fingerprint density at radius 2 is 2.25 bits per heavy atom. The van der Waals surface area contributed by atoms with Crippen LogP contribution >= 0.6 is 0 Å². The van der Waals surface area contributed by atoms with E-state index in [1.54, 1.807) is 12.3 Å². The molecule has 1 aliphatic heterocycles. The SMILES string of the molecule is C[C@@H]1CC[C@@]23COC(=O)C2=C[C@@H](O)C[C@@H]3[C@@]1(C)CCc1ccoc1. The predicted molar refractivity (Wildman–Crippen MR) is 89.1 cm³/mol. The van der Waals surface area contributed by atoms with Crippen LogP contribution in [0.5, 0.6) is 0 Å². The molecule has 0 aromatic carbocycles. The molecule has 2 fully saturated rings. The summed E-state index contributed by atoms with van der Waals surface area (Å²) in [7, 11) is 0. The highest BCUT2D eigenvalue weighted by Gasteiger charge is 2.61.